The molecule has 86 valence electrons. The molecule has 0 radical (unpaired) electrons. The molecule has 0 unspecified atom stereocenters. The number of thiophene rings is 1. The topological polar surface area (TPSA) is 80.5 Å². The zero-order valence-electron chi connectivity index (χ0n) is 8.64. The quantitative estimate of drug-likeness (QED) is 0.787. The molecule has 8 heteroatoms. The summed E-state index contributed by atoms with van der Waals surface area (Å²) >= 11 is 5.01. The second-order valence-electron chi connectivity index (χ2n) is 3.32. The van der Waals surface area contributed by atoms with Gasteiger partial charge in [-0.1, -0.05) is 5.16 Å². The van der Waals surface area contributed by atoms with E-state index in [0.717, 1.165) is 14.2 Å². The van der Waals surface area contributed by atoms with Gasteiger partial charge in [-0.3, -0.25) is 5.10 Å². The molecule has 0 aromatic carbocycles. The molecule has 0 aliphatic carbocycles. The summed E-state index contributed by atoms with van der Waals surface area (Å²) < 4.78 is 6.25. The second kappa shape index (κ2) is 4.04. The van der Waals surface area contributed by atoms with Crippen LogP contribution >= 0.6 is 27.3 Å². The van der Waals surface area contributed by atoms with Crippen LogP contribution in [0.1, 0.15) is 5.56 Å². The summed E-state index contributed by atoms with van der Waals surface area (Å²) in [6.45, 7) is 2.01. The number of nitrogens with one attached hydrogen (secondary N) is 1. The average Bonchev–Trinajstić information content (AvgIpc) is 3.00. The summed E-state index contributed by atoms with van der Waals surface area (Å²) in [5.74, 6) is 1.38. The molecule has 3 aromatic heterocycles. The number of halogens is 1. The summed E-state index contributed by atoms with van der Waals surface area (Å²) in [5.41, 5.74) is 1.14. The lowest BCUT2D eigenvalue weighted by molar-refractivity contribution is 0.433. The maximum Gasteiger partial charge on any atom is 0.268 e. The first kappa shape index (κ1) is 10.6. The maximum atomic E-state index is 5.18. The lowest BCUT2D eigenvalue weighted by Gasteiger charge is -1.83. The highest BCUT2D eigenvalue weighted by Crippen LogP contribution is 2.34. The molecule has 0 aliphatic heterocycles. The van der Waals surface area contributed by atoms with E-state index in [-0.39, 0.29) is 0 Å². The molecule has 0 spiro atoms. The molecule has 0 saturated carbocycles. The number of H-pyrrole nitrogens is 1. The van der Waals surface area contributed by atoms with Gasteiger partial charge in [-0.2, -0.15) is 10.1 Å². The van der Waals surface area contributed by atoms with Gasteiger partial charge in [0.05, 0.1) is 8.66 Å². The highest BCUT2D eigenvalue weighted by molar-refractivity contribution is 9.11. The Bertz CT molecular complexity index is 625. The van der Waals surface area contributed by atoms with Gasteiger partial charge in [-0.15, -0.1) is 11.3 Å². The van der Waals surface area contributed by atoms with Crippen LogP contribution in [0.15, 0.2) is 20.7 Å². The smallest absolute Gasteiger partial charge is 0.268 e. The lowest BCUT2D eigenvalue weighted by atomic mass is 10.3. The van der Waals surface area contributed by atoms with Crippen LogP contribution in [0.25, 0.3) is 22.4 Å². The van der Waals surface area contributed by atoms with Crippen LogP contribution in [0, 0.1) is 6.92 Å². The van der Waals surface area contributed by atoms with Crippen LogP contribution in [0.2, 0.25) is 0 Å². The van der Waals surface area contributed by atoms with Gasteiger partial charge in [0.2, 0.25) is 5.82 Å². The number of hydrogen-bond acceptors (Lipinski definition) is 6. The van der Waals surface area contributed by atoms with E-state index in [0.29, 0.717) is 17.5 Å². The Kier molecular flexibility index (Phi) is 2.52. The number of rotatable bonds is 2. The van der Waals surface area contributed by atoms with E-state index in [9.17, 15) is 0 Å². The summed E-state index contributed by atoms with van der Waals surface area (Å²) in [6, 6.07) is 1.99. The summed E-state index contributed by atoms with van der Waals surface area (Å²) in [5, 5.41) is 10.3. The van der Waals surface area contributed by atoms with Crippen molar-refractivity contribution < 1.29 is 4.52 Å². The van der Waals surface area contributed by atoms with Gasteiger partial charge in [-0.25, -0.2) is 4.98 Å². The standard InChI is InChI=1S/C9H6BrN5OS/c1-4-2-5(17-6(4)10)9-13-8(15-16-9)7-11-3-12-14-7/h2-3H,1H3,(H,11,12,14). The largest absolute Gasteiger partial charge is 0.333 e. The number of nitrogens with zero attached hydrogens (tertiary/aromatic N) is 4. The molecule has 3 heterocycles. The third kappa shape index (κ3) is 1.89. The molecular formula is C9H6BrN5OS. The van der Waals surface area contributed by atoms with Crippen molar-refractivity contribution in [1.29, 1.82) is 0 Å². The van der Waals surface area contributed by atoms with Crippen molar-refractivity contribution in [3.63, 3.8) is 0 Å². The normalized spacial score (nSPS) is 10.9. The van der Waals surface area contributed by atoms with Crippen molar-refractivity contribution in [3.05, 3.63) is 21.7 Å². The number of aromatic nitrogens is 5. The van der Waals surface area contributed by atoms with Gasteiger partial charge in [-0.05, 0) is 34.5 Å². The van der Waals surface area contributed by atoms with Crippen molar-refractivity contribution >= 4 is 27.3 Å². The molecule has 0 bridgehead atoms. The van der Waals surface area contributed by atoms with Crippen LogP contribution in [-0.4, -0.2) is 25.3 Å². The Hall–Kier alpha value is -1.54. The van der Waals surface area contributed by atoms with Gasteiger partial charge in [0.25, 0.3) is 5.89 Å². The maximum absolute atomic E-state index is 5.18. The Balaban J connectivity index is 2.00. The minimum Gasteiger partial charge on any atom is -0.333 e. The van der Waals surface area contributed by atoms with Crippen LogP contribution in [0.5, 0.6) is 0 Å². The van der Waals surface area contributed by atoms with E-state index in [1.165, 1.54) is 6.33 Å². The van der Waals surface area contributed by atoms with E-state index >= 15 is 0 Å². The first-order valence-corrected chi connectivity index (χ1v) is 6.31. The molecule has 0 amide bonds. The predicted octanol–water partition coefficient (Wildman–Crippen LogP) is 2.65. The third-order valence-corrected chi connectivity index (χ3v) is 4.25. The molecule has 6 nitrogen and oxygen atoms in total. The zero-order chi connectivity index (χ0) is 11.8. The van der Waals surface area contributed by atoms with Crippen LogP contribution in [0.4, 0.5) is 0 Å². The van der Waals surface area contributed by atoms with Crippen molar-refractivity contribution in [1.82, 2.24) is 25.3 Å². The third-order valence-electron chi connectivity index (χ3n) is 2.12. The minimum atomic E-state index is 0.402. The van der Waals surface area contributed by atoms with Crippen LogP contribution in [0.3, 0.4) is 0 Å². The molecule has 0 aliphatic rings. The second-order valence-corrected chi connectivity index (χ2v) is 5.69. The molecule has 3 aromatic rings. The fourth-order valence-electron chi connectivity index (χ4n) is 1.30. The Morgan fingerprint density at radius 2 is 2.35 bits per heavy atom. The van der Waals surface area contributed by atoms with E-state index in [1.54, 1.807) is 11.3 Å². The fourth-order valence-corrected chi connectivity index (χ4v) is 2.75. The summed E-state index contributed by atoms with van der Waals surface area (Å²) in [6.07, 6.45) is 1.40. The average molecular weight is 312 g/mol. The van der Waals surface area contributed by atoms with Crippen LogP contribution in [-0.2, 0) is 0 Å². The molecule has 0 saturated heterocycles. The molecule has 3 rings (SSSR count). The molecule has 17 heavy (non-hydrogen) atoms. The SMILES string of the molecule is Cc1cc(-c2nc(-c3ncn[nH]3)no2)sc1Br. The van der Waals surface area contributed by atoms with Gasteiger partial charge in [0, 0.05) is 0 Å². The Morgan fingerprint density at radius 3 is 3.00 bits per heavy atom. The predicted molar refractivity (Wildman–Crippen MR) is 65.4 cm³/mol. The summed E-state index contributed by atoms with van der Waals surface area (Å²) in [7, 11) is 0. The molecular weight excluding hydrogens is 306 g/mol. The highest BCUT2D eigenvalue weighted by Gasteiger charge is 2.15. The minimum absolute atomic E-state index is 0.402. The fraction of sp³-hybridized carbons (Fsp3) is 0.111. The molecule has 1 N–H and O–H groups in total. The number of aromatic amines is 1. The molecule has 0 atom stereocenters. The zero-order valence-corrected chi connectivity index (χ0v) is 11.0. The number of aryl methyl sites for hydroxylation is 1. The Labute approximate surface area is 108 Å². The van der Waals surface area contributed by atoms with Gasteiger partial charge in [0.15, 0.2) is 5.82 Å². The van der Waals surface area contributed by atoms with Gasteiger partial charge < -0.3 is 4.52 Å². The van der Waals surface area contributed by atoms with Crippen molar-refractivity contribution in [2.75, 3.05) is 0 Å². The van der Waals surface area contributed by atoms with Crippen molar-refractivity contribution in [2.45, 2.75) is 6.92 Å². The number of hydrogen-bond donors (Lipinski definition) is 1. The van der Waals surface area contributed by atoms with Gasteiger partial charge >= 0.3 is 0 Å². The van der Waals surface area contributed by atoms with E-state index in [1.807, 2.05) is 13.0 Å². The van der Waals surface area contributed by atoms with E-state index in [4.69, 9.17) is 4.52 Å². The first-order valence-electron chi connectivity index (χ1n) is 4.70. The van der Waals surface area contributed by atoms with E-state index < -0.39 is 0 Å². The van der Waals surface area contributed by atoms with Crippen molar-refractivity contribution in [3.8, 4) is 22.4 Å². The molecule has 0 fully saturated rings. The van der Waals surface area contributed by atoms with Crippen molar-refractivity contribution in [2.24, 2.45) is 0 Å². The van der Waals surface area contributed by atoms with E-state index in [2.05, 4.69) is 41.3 Å². The lowest BCUT2D eigenvalue weighted by Crippen LogP contribution is -1.82. The Morgan fingerprint density at radius 1 is 1.47 bits per heavy atom. The summed E-state index contributed by atoms with van der Waals surface area (Å²) in [4.78, 5) is 9.14. The van der Waals surface area contributed by atoms with Gasteiger partial charge in [0.1, 0.15) is 6.33 Å². The highest BCUT2D eigenvalue weighted by atomic mass is 79.9. The monoisotopic (exact) mass is 311 g/mol. The van der Waals surface area contributed by atoms with Crippen LogP contribution < -0.4 is 0 Å². The first-order chi connectivity index (χ1) is 8.24.